The molecule has 0 aromatic heterocycles. The van der Waals surface area contributed by atoms with Crippen molar-refractivity contribution in [1.29, 1.82) is 0 Å². The number of hydrogen-bond acceptors (Lipinski definition) is 7. The molecular weight excluding hydrogens is 462 g/mol. The summed E-state index contributed by atoms with van der Waals surface area (Å²) in [7, 11) is 0. The Balaban J connectivity index is 1.17. The fourth-order valence-corrected chi connectivity index (χ4v) is 6.88. The summed E-state index contributed by atoms with van der Waals surface area (Å²) in [6.45, 7) is 0.00266. The predicted molar refractivity (Wildman–Crippen MR) is 128 cm³/mol. The Morgan fingerprint density at radius 1 is 1.19 bits per heavy atom. The number of esters is 1. The van der Waals surface area contributed by atoms with E-state index in [0.717, 1.165) is 30.4 Å². The van der Waals surface area contributed by atoms with E-state index in [1.807, 2.05) is 6.07 Å². The summed E-state index contributed by atoms with van der Waals surface area (Å²) < 4.78 is 12.0. The van der Waals surface area contributed by atoms with Crippen LogP contribution in [0.25, 0.3) is 0 Å². The number of phenolic OH excluding ortho intramolecular Hbond substituents is 1. The number of aliphatic hydroxyl groups is 2. The molecule has 188 valence electrons. The Morgan fingerprint density at radius 3 is 2.81 bits per heavy atom. The van der Waals surface area contributed by atoms with Gasteiger partial charge in [0.2, 0.25) is 0 Å². The normalized spacial score (nSPS) is 29.9. The van der Waals surface area contributed by atoms with Crippen molar-refractivity contribution < 1.29 is 34.4 Å². The molecule has 3 aliphatic carbocycles. The van der Waals surface area contributed by atoms with Gasteiger partial charge in [-0.15, -0.1) is 0 Å². The van der Waals surface area contributed by atoms with E-state index in [1.54, 1.807) is 42.5 Å². The highest BCUT2D eigenvalue weighted by Gasteiger charge is 2.70. The first-order chi connectivity index (χ1) is 17.3. The van der Waals surface area contributed by atoms with Gasteiger partial charge in [0.1, 0.15) is 5.76 Å². The second kappa shape index (κ2) is 8.35. The average molecular weight is 492 g/mol. The Bertz CT molecular complexity index is 1260. The van der Waals surface area contributed by atoms with Gasteiger partial charge in [-0.25, -0.2) is 0 Å². The Labute approximate surface area is 208 Å². The molecule has 0 radical (unpaired) electrons. The van der Waals surface area contributed by atoms with Crippen LogP contribution in [0.2, 0.25) is 0 Å². The van der Waals surface area contributed by atoms with Gasteiger partial charge in [-0.05, 0) is 54.9 Å². The molecule has 8 heteroatoms. The molecule has 2 bridgehead atoms. The number of rotatable bonds is 6. The van der Waals surface area contributed by atoms with Crippen LogP contribution in [0.3, 0.4) is 0 Å². The van der Waals surface area contributed by atoms with E-state index in [0.29, 0.717) is 29.9 Å². The molecule has 1 fully saturated rings. The molecule has 1 aliphatic heterocycles. The number of nitrogens with one attached hydrogen (secondary N) is 1. The maximum Gasteiger partial charge on any atom is 0.312 e. The molecule has 4 aliphatic rings. The molecule has 8 nitrogen and oxygen atoms in total. The summed E-state index contributed by atoms with van der Waals surface area (Å²) in [4.78, 5) is 25.0. The van der Waals surface area contributed by atoms with Crippen LogP contribution in [0, 0.1) is 5.92 Å². The van der Waals surface area contributed by atoms with Gasteiger partial charge in [-0.2, -0.15) is 0 Å². The van der Waals surface area contributed by atoms with Crippen molar-refractivity contribution in [3.05, 3.63) is 71.0 Å². The molecule has 1 unspecified atom stereocenters. The van der Waals surface area contributed by atoms with E-state index in [9.17, 15) is 24.9 Å². The van der Waals surface area contributed by atoms with E-state index in [2.05, 4.69) is 5.32 Å². The molecule has 1 spiro atoms. The largest absolute Gasteiger partial charge is 0.504 e. The third-order valence-corrected chi connectivity index (χ3v) is 8.49. The minimum absolute atomic E-state index is 0.00266. The molecule has 5 atom stereocenters. The molecule has 4 N–H and O–H groups in total. The van der Waals surface area contributed by atoms with Gasteiger partial charge in [0, 0.05) is 12.1 Å². The third kappa shape index (κ3) is 3.21. The molecule has 1 heterocycles. The molecule has 0 saturated heterocycles. The number of amides is 1. The van der Waals surface area contributed by atoms with E-state index >= 15 is 0 Å². The lowest BCUT2D eigenvalue weighted by molar-refractivity contribution is -0.160. The van der Waals surface area contributed by atoms with Gasteiger partial charge in [0.15, 0.2) is 23.7 Å². The number of benzene rings is 2. The maximum atomic E-state index is 12.7. The first-order valence-corrected chi connectivity index (χ1v) is 12.5. The Hall–Kier alpha value is -3.36. The third-order valence-electron chi connectivity index (χ3n) is 8.49. The van der Waals surface area contributed by atoms with E-state index < -0.39 is 35.1 Å². The van der Waals surface area contributed by atoms with Gasteiger partial charge in [-0.1, -0.05) is 42.8 Å². The smallest absolute Gasteiger partial charge is 0.312 e. The molecule has 6 rings (SSSR count). The summed E-state index contributed by atoms with van der Waals surface area (Å²) in [6.07, 6.45) is 3.19. The molecule has 2 aromatic carbocycles. The van der Waals surface area contributed by atoms with Crippen LogP contribution < -0.4 is 10.1 Å². The summed E-state index contributed by atoms with van der Waals surface area (Å²) >= 11 is 0. The van der Waals surface area contributed by atoms with Crippen molar-refractivity contribution in [2.75, 3.05) is 6.54 Å². The summed E-state index contributed by atoms with van der Waals surface area (Å²) in [5, 5.41) is 35.3. The van der Waals surface area contributed by atoms with Crippen molar-refractivity contribution in [2.24, 2.45) is 5.92 Å². The zero-order chi connectivity index (χ0) is 25.1. The second-order valence-electron chi connectivity index (χ2n) is 10.3. The van der Waals surface area contributed by atoms with Crippen molar-refractivity contribution in [2.45, 2.75) is 61.7 Å². The van der Waals surface area contributed by atoms with Crippen LogP contribution in [-0.2, 0) is 26.2 Å². The van der Waals surface area contributed by atoms with Crippen molar-refractivity contribution in [1.82, 2.24) is 5.32 Å². The number of phenols is 1. The summed E-state index contributed by atoms with van der Waals surface area (Å²) in [5.74, 6) is -0.339. The molecule has 1 saturated carbocycles. The highest BCUT2D eigenvalue weighted by molar-refractivity contribution is 5.82. The first kappa shape index (κ1) is 23.1. The number of carbonyl (C=O) groups excluding carboxylic acids is 2. The quantitative estimate of drug-likeness (QED) is 0.458. The first-order valence-electron chi connectivity index (χ1n) is 12.5. The lowest BCUT2D eigenvalue weighted by Gasteiger charge is -2.59. The number of hydrogen-bond donors (Lipinski definition) is 4. The highest BCUT2D eigenvalue weighted by atomic mass is 16.6. The van der Waals surface area contributed by atoms with Crippen molar-refractivity contribution in [3.63, 3.8) is 0 Å². The van der Waals surface area contributed by atoms with Crippen LogP contribution in [0.4, 0.5) is 0 Å². The van der Waals surface area contributed by atoms with E-state index in [4.69, 9.17) is 9.47 Å². The zero-order valence-corrected chi connectivity index (χ0v) is 19.8. The minimum Gasteiger partial charge on any atom is -0.504 e. The van der Waals surface area contributed by atoms with Crippen LogP contribution >= 0.6 is 0 Å². The summed E-state index contributed by atoms with van der Waals surface area (Å²) in [6, 6.07) is 12.1. The Kier molecular flexibility index (Phi) is 5.35. The monoisotopic (exact) mass is 491 g/mol. The van der Waals surface area contributed by atoms with E-state index in [1.165, 1.54) is 0 Å². The van der Waals surface area contributed by atoms with Crippen LogP contribution in [-0.4, -0.2) is 45.4 Å². The van der Waals surface area contributed by atoms with Crippen LogP contribution in [0.15, 0.2) is 54.3 Å². The standard InChI is InChI=1S/C28H29NO7/c30-19-9-8-17-15-18-7-4-12-27-22(17)24(19)36-25(27)20(10-13-28(18,27)34)35-21(31)11-14-29-26(33)23(32)16-5-2-1-3-6-16/h1-3,5-6,8-10,18,23,25,30,32,34H,4,7,11-15H2,(H,29,33)/t18-,23?,25+,27+,28-/m1/s1. The number of aromatic hydroxyl groups is 1. The lowest BCUT2D eigenvalue weighted by atomic mass is 9.47. The van der Waals surface area contributed by atoms with Gasteiger partial charge in [0.25, 0.3) is 5.91 Å². The highest BCUT2D eigenvalue weighted by Crippen LogP contribution is 2.67. The van der Waals surface area contributed by atoms with Gasteiger partial charge in [0.05, 0.1) is 17.4 Å². The molecule has 36 heavy (non-hydrogen) atoms. The van der Waals surface area contributed by atoms with Crippen molar-refractivity contribution >= 4 is 11.9 Å². The van der Waals surface area contributed by atoms with Crippen LogP contribution in [0.5, 0.6) is 11.5 Å². The Morgan fingerprint density at radius 2 is 2.00 bits per heavy atom. The zero-order valence-electron chi connectivity index (χ0n) is 19.8. The number of ether oxygens (including phenoxy) is 2. The molecule has 2 aromatic rings. The lowest BCUT2D eigenvalue weighted by Crippen LogP contribution is -2.67. The van der Waals surface area contributed by atoms with Gasteiger partial charge in [-0.3, -0.25) is 9.59 Å². The topological polar surface area (TPSA) is 125 Å². The summed E-state index contributed by atoms with van der Waals surface area (Å²) in [5.41, 5.74) is 0.604. The van der Waals surface area contributed by atoms with E-state index in [-0.39, 0.29) is 24.6 Å². The van der Waals surface area contributed by atoms with Crippen LogP contribution in [0.1, 0.15) is 54.9 Å². The predicted octanol–water partition coefficient (Wildman–Crippen LogP) is 2.55. The SMILES string of the molecule is O=C(CCNC(=O)C(O)c1ccccc1)OC1=CC[C@@]2(O)[C@@H]3CCC[C@@]24c2c(ccc(O)c2O[C@@H]14)C3. The second-order valence-corrected chi connectivity index (χ2v) is 10.3. The maximum absolute atomic E-state index is 12.7. The average Bonchev–Trinajstić information content (AvgIpc) is 3.22. The number of aliphatic hydroxyl groups excluding tert-OH is 1. The number of carbonyl (C=O) groups is 2. The molecular formula is C28H29NO7. The fourth-order valence-electron chi connectivity index (χ4n) is 6.88. The van der Waals surface area contributed by atoms with Gasteiger partial charge < -0.3 is 30.1 Å². The van der Waals surface area contributed by atoms with Crippen molar-refractivity contribution in [3.8, 4) is 11.5 Å². The minimum atomic E-state index is -1.32. The molecule has 1 amide bonds. The van der Waals surface area contributed by atoms with Gasteiger partial charge >= 0.3 is 5.97 Å². The fraction of sp³-hybridized carbons (Fsp3) is 0.429.